The van der Waals surface area contributed by atoms with Crippen molar-refractivity contribution >= 4 is 32.7 Å². The van der Waals surface area contributed by atoms with E-state index in [4.69, 9.17) is 4.18 Å². The highest BCUT2D eigenvalue weighted by Crippen LogP contribution is 2.12. The first-order valence-corrected chi connectivity index (χ1v) is 6.27. The molecule has 0 aliphatic heterocycles. The molecule has 0 amide bonds. The van der Waals surface area contributed by atoms with E-state index in [0.717, 1.165) is 0 Å². The monoisotopic (exact) mass is 298 g/mol. The molecule has 1 aromatic rings. The number of benzene rings is 1. The largest absolute Gasteiger partial charge is 0.382 e. The van der Waals surface area contributed by atoms with Gasteiger partial charge in [-0.05, 0) is 12.1 Å². The molecule has 0 N–H and O–H groups in total. The maximum absolute atomic E-state index is 10.9. The third kappa shape index (κ3) is 2.98. The van der Waals surface area contributed by atoms with Crippen molar-refractivity contribution in [2.24, 2.45) is 0 Å². The molecule has 0 unspecified atom stereocenters. The van der Waals surface area contributed by atoms with E-state index >= 15 is 0 Å². The molecule has 0 atom stereocenters. The van der Waals surface area contributed by atoms with Crippen molar-refractivity contribution in [3.05, 3.63) is 30.3 Å². The normalized spacial score (nSPS) is 11.1. The molecule has 1 rings (SSSR count). The van der Waals surface area contributed by atoms with Gasteiger partial charge in [-0.2, -0.15) is 8.42 Å². The molecule has 0 saturated carbocycles. The molecule has 3 nitrogen and oxygen atoms in total. The highest BCUT2D eigenvalue weighted by atomic mass is 127. The summed E-state index contributed by atoms with van der Waals surface area (Å²) in [6.07, 6.45) is 0. The van der Waals surface area contributed by atoms with Gasteiger partial charge < -0.3 is 4.18 Å². The van der Waals surface area contributed by atoms with Crippen LogP contribution in [-0.4, -0.2) is 12.2 Å². The second-order valence-electron chi connectivity index (χ2n) is 2.06. The Morgan fingerprint density at radius 2 is 1.83 bits per heavy atom. The van der Waals surface area contributed by atoms with Crippen LogP contribution in [-0.2, 0) is 10.1 Å². The first-order valence-electron chi connectivity index (χ1n) is 3.17. The lowest BCUT2D eigenvalue weighted by atomic mass is 10.3. The summed E-state index contributed by atoms with van der Waals surface area (Å²) in [5.41, 5.74) is 0. The minimum atomic E-state index is -3.39. The second-order valence-corrected chi connectivity index (χ2v) is 5.43. The van der Waals surface area contributed by atoms with Gasteiger partial charge in [0.1, 0.15) is 9.51 Å². The van der Waals surface area contributed by atoms with Gasteiger partial charge in [0.25, 0.3) is 0 Å². The summed E-state index contributed by atoms with van der Waals surface area (Å²) >= 11 is 1.74. The van der Waals surface area contributed by atoms with Crippen LogP contribution in [0.15, 0.2) is 30.3 Å². The first kappa shape index (κ1) is 9.79. The van der Waals surface area contributed by atoms with Crippen LogP contribution in [0.3, 0.4) is 0 Å². The van der Waals surface area contributed by atoms with Crippen molar-refractivity contribution in [3.8, 4) is 5.75 Å². The topological polar surface area (TPSA) is 43.4 Å². The predicted octanol–water partition coefficient (Wildman–Crippen LogP) is 1.79. The molecule has 0 aromatic heterocycles. The molecular weight excluding hydrogens is 291 g/mol. The third-order valence-corrected chi connectivity index (χ3v) is 4.10. The Morgan fingerprint density at radius 1 is 1.25 bits per heavy atom. The van der Waals surface area contributed by atoms with E-state index < -0.39 is 10.1 Å². The molecular formula is C7H7IO3S. The fourth-order valence-electron chi connectivity index (χ4n) is 0.645. The van der Waals surface area contributed by atoms with Crippen LogP contribution in [0.25, 0.3) is 0 Å². The van der Waals surface area contributed by atoms with E-state index in [1.807, 2.05) is 0 Å². The summed E-state index contributed by atoms with van der Waals surface area (Å²) in [6.45, 7) is 0. The molecule has 1 aromatic carbocycles. The van der Waals surface area contributed by atoms with Crippen molar-refractivity contribution in [3.63, 3.8) is 0 Å². The van der Waals surface area contributed by atoms with Gasteiger partial charge in [-0.25, -0.2) is 0 Å². The van der Waals surface area contributed by atoms with E-state index in [9.17, 15) is 8.42 Å². The standard InChI is InChI=1S/C7H7IO3S/c8-6-12(9,10)11-7-4-2-1-3-5-7/h1-5H,6H2. The SMILES string of the molecule is O=S(=O)(CI)Oc1ccccc1. The Morgan fingerprint density at radius 3 is 2.33 bits per heavy atom. The lowest BCUT2D eigenvalue weighted by molar-refractivity contribution is 0.492. The van der Waals surface area contributed by atoms with Crippen LogP contribution in [0.5, 0.6) is 5.75 Å². The quantitative estimate of drug-likeness (QED) is 0.485. The Kier molecular flexibility index (Phi) is 3.33. The van der Waals surface area contributed by atoms with Gasteiger partial charge in [0.15, 0.2) is 0 Å². The Labute approximate surface area is 85.0 Å². The average molecular weight is 298 g/mol. The third-order valence-electron chi connectivity index (χ3n) is 1.10. The van der Waals surface area contributed by atoms with Crippen molar-refractivity contribution in [1.29, 1.82) is 0 Å². The van der Waals surface area contributed by atoms with Crippen molar-refractivity contribution in [1.82, 2.24) is 0 Å². The fourth-order valence-corrected chi connectivity index (χ4v) is 1.48. The van der Waals surface area contributed by atoms with Crippen molar-refractivity contribution in [2.75, 3.05) is 3.76 Å². The van der Waals surface area contributed by atoms with Gasteiger partial charge >= 0.3 is 10.1 Å². The maximum atomic E-state index is 10.9. The highest BCUT2D eigenvalue weighted by Gasteiger charge is 2.08. The Bertz CT molecular complexity index is 333. The molecule has 5 heteroatoms. The Balaban J connectivity index is 2.78. The lowest BCUT2D eigenvalue weighted by Gasteiger charge is -2.02. The minimum Gasteiger partial charge on any atom is -0.382 e. The van der Waals surface area contributed by atoms with E-state index in [1.54, 1.807) is 52.9 Å². The number of alkyl halides is 1. The summed E-state index contributed by atoms with van der Waals surface area (Å²) in [5, 5.41) is 0. The van der Waals surface area contributed by atoms with E-state index in [-0.39, 0.29) is 3.76 Å². The van der Waals surface area contributed by atoms with Crippen molar-refractivity contribution < 1.29 is 12.6 Å². The number of rotatable bonds is 3. The summed E-state index contributed by atoms with van der Waals surface area (Å²) < 4.78 is 26.6. The van der Waals surface area contributed by atoms with Gasteiger partial charge in [-0.3, -0.25) is 0 Å². The molecule has 0 aliphatic carbocycles. The van der Waals surface area contributed by atoms with Crippen LogP contribution >= 0.6 is 22.6 Å². The van der Waals surface area contributed by atoms with Gasteiger partial charge in [0.2, 0.25) is 0 Å². The van der Waals surface area contributed by atoms with Crippen LogP contribution in [0, 0.1) is 0 Å². The summed E-state index contributed by atoms with van der Waals surface area (Å²) in [4.78, 5) is 0. The van der Waals surface area contributed by atoms with E-state index in [2.05, 4.69) is 0 Å². The average Bonchev–Trinajstić information content (AvgIpc) is 2.06. The molecule has 0 bridgehead atoms. The molecule has 0 spiro atoms. The lowest BCUT2D eigenvalue weighted by Crippen LogP contribution is -2.09. The summed E-state index contributed by atoms with van der Waals surface area (Å²) in [5.74, 6) is 0.356. The van der Waals surface area contributed by atoms with Crippen LogP contribution in [0.2, 0.25) is 0 Å². The number of hydrogen-bond acceptors (Lipinski definition) is 3. The van der Waals surface area contributed by atoms with Crippen LogP contribution < -0.4 is 4.18 Å². The molecule has 66 valence electrons. The van der Waals surface area contributed by atoms with Crippen LogP contribution in [0.4, 0.5) is 0 Å². The molecule has 0 fully saturated rings. The number of hydrogen-bond donors (Lipinski definition) is 0. The van der Waals surface area contributed by atoms with Crippen molar-refractivity contribution in [2.45, 2.75) is 0 Å². The molecule has 0 aliphatic rings. The summed E-state index contributed by atoms with van der Waals surface area (Å²) in [6, 6.07) is 8.44. The number of halogens is 1. The van der Waals surface area contributed by atoms with Gasteiger partial charge in [-0.15, -0.1) is 0 Å². The molecule has 0 radical (unpaired) electrons. The smallest absolute Gasteiger partial charge is 0.318 e. The van der Waals surface area contributed by atoms with Crippen LogP contribution in [0.1, 0.15) is 0 Å². The maximum Gasteiger partial charge on any atom is 0.318 e. The molecule has 0 saturated heterocycles. The first-order chi connectivity index (χ1) is 5.64. The zero-order valence-electron chi connectivity index (χ0n) is 6.10. The minimum absolute atomic E-state index is 0.0420. The number of para-hydroxylation sites is 1. The van der Waals surface area contributed by atoms with Gasteiger partial charge in [-0.1, -0.05) is 40.8 Å². The highest BCUT2D eigenvalue weighted by molar-refractivity contribution is 14.1. The zero-order chi connectivity index (χ0) is 9.03. The van der Waals surface area contributed by atoms with Gasteiger partial charge in [0.05, 0.1) is 0 Å². The fraction of sp³-hybridized carbons (Fsp3) is 0.143. The molecule has 0 heterocycles. The predicted molar refractivity (Wildman–Crippen MR) is 54.9 cm³/mol. The Hall–Kier alpha value is -0.300. The summed E-state index contributed by atoms with van der Waals surface area (Å²) in [7, 11) is -3.39. The van der Waals surface area contributed by atoms with E-state index in [1.165, 1.54) is 0 Å². The molecule has 12 heavy (non-hydrogen) atoms. The van der Waals surface area contributed by atoms with Gasteiger partial charge in [0, 0.05) is 0 Å². The zero-order valence-corrected chi connectivity index (χ0v) is 9.08. The van der Waals surface area contributed by atoms with E-state index in [0.29, 0.717) is 5.75 Å². The second kappa shape index (κ2) is 4.08.